The summed E-state index contributed by atoms with van der Waals surface area (Å²) >= 11 is 1.87. The van der Waals surface area contributed by atoms with Crippen molar-refractivity contribution < 1.29 is 0 Å². The van der Waals surface area contributed by atoms with Gasteiger partial charge in [0.15, 0.2) is 0 Å². The molecule has 1 N–H and O–H groups in total. The number of aromatic nitrogens is 2. The lowest BCUT2D eigenvalue weighted by atomic mass is 10.3. The van der Waals surface area contributed by atoms with Gasteiger partial charge < -0.3 is 9.88 Å². The molecule has 0 atom stereocenters. The van der Waals surface area contributed by atoms with E-state index in [0.717, 1.165) is 25.5 Å². The van der Waals surface area contributed by atoms with Gasteiger partial charge in [-0.25, -0.2) is 4.98 Å². The molecule has 17 heavy (non-hydrogen) atoms. The van der Waals surface area contributed by atoms with Crippen molar-refractivity contribution in [3.63, 3.8) is 0 Å². The van der Waals surface area contributed by atoms with E-state index in [1.54, 1.807) is 0 Å². The summed E-state index contributed by atoms with van der Waals surface area (Å²) < 4.78 is 2.17. The Hall–Kier alpha value is -1.29. The minimum Gasteiger partial charge on any atom is -0.356 e. The molecule has 0 bridgehead atoms. The van der Waals surface area contributed by atoms with Crippen molar-refractivity contribution in [3.05, 3.63) is 33.8 Å². The lowest BCUT2D eigenvalue weighted by molar-refractivity contribution is 0.803. The summed E-state index contributed by atoms with van der Waals surface area (Å²) in [6.07, 6.45) is 5.00. The zero-order valence-corrected chi connectivity index (χ0v) is 11.5. The SMILES string of the molecule is CCCNc1nccn1Cc1cc(C)c(C)s1. The summed E-state index contributed by atoms with van der Waals surface area (Å²) in [5.74, 6) is 0.968. The van der Waals surface area contributed by atoms with Crippen LogP contribution in [0.1, 0.15) is 28.7 Å². The second-order valence-electron chi connectivity index (χ2n) is 4.26. The van der Waals surface area contributed by atoms with Gasteiger partial charge in [0, 0.05) is 28.7 Å². The van der Waals surface area contributed by atoms with Crippen LogP contribution in [0.4, 0.5) is 5.95 Å². The maximum Gasteiger partial charge on any atom is 0.203 e. The highest BCUT2D eigenvalue weighted by molar-refractivity contribution is 7.12. The fourth-order valence-electron chi connectivity index (χ4n) is 1.74. The van der Waals surface area contributed by atoms with Gasteiger partial charge in [0.1, 0.15) is 0 Å². The van der Waals surface area contributed by atoms with Gasteiger partial charge in [-0.15, -0.1) is 11.3 Å². The van der Waals surface area contributed by atoms with E-state index in [0.29, 0.717) is 0 Å². The van der Waals surface area contributed by atoms with E-state index in [1.165, 1.54) is 15.3 Å². The third kappa shape index (κ3) is 2.88. The molecule has 92 valence electrons. The Balaban J connectivity index is 2.10. The molecular weight excluding hydrogens is 230 g/mol. The molecule has 2 heterocycles. The Morgan fingerprint density at radius 2 is 2.24 bits per heavy atom. The zero-order chi connectivity index (χ0) is 12.3. The standard InChI is InChI=1S/C13H19N3S/c1-4-5-14-13-15-6-7-16(13)9-12-8-10(2)11(3)17-12/h6-8H,4-5,9H2,1-3H3,(H,14,15). The van der Waals surface area contributed by atoms with Crippen LogP contribution in [0.15, 0.2) is 18.5 Å². The van der Waals surface area contributed by atoms with E-state index in [2.05, 4.69) is 41.7 Å². The molecule has 0 fully saturated rings. The summed E-state index contributed by atoms with van der Waals surface area (Å²) in [5, 5.41) is 3.34. The van der Waals surface area contributed by atoms with E-state index in [1.807, 2.05) is 23.7 Å². The van der Waals surface area contributed by atoms with Gasteiger partial charge in [0.05, 0.1) is 6.54 Å². The Morgan fingerprint density at radius 1 is 1.41 bits per heavy atom. The van der Waals surface area contributed by atoms with Crippen molar-refractivity contribution in [2.75, 3.05) is 11.9 Å². The summed E-state index contributed by atoms with van der Waals surface area (Å²) in [7, 11) is 0. The van der Waals surface area contributed by atoms with E-state index in [9.17, 15) is 0 Å². The van der Waals surface area contributed by atoms with E-state index >= 15 is 0 Å². The van der Waals surface area contributed by atoms with E-state index in [-0.39, 0.29) is 0 Å². The van der Waals surface area contributed by atoms with Crippen LogP contribution in [0, 0.1) is 13.8 Å². The van der Waals surface area contributed by atoms with Crippen molar-refractivity contribution in [2.24, 2.45) is 0 Å². The lowest BCUT2D eigenvalue weighted by Gasteiger charge is -2.07. The summed E-state index contributed by atoms with van der Waals surface area (Å²) in [6, 6.07) is 2.27. The Bertz CT molecular complexity index is 465. The maximum atomic E-state index is 4.34. The van der Waals surface area contributed by atoms with E-state index < -0.39 is 0 Å². The largest absolute Gasteiger partial charge is 0.356 e. The van der Waals surface area contributed by atoms with E-state index in [4.69, 9.17) is 0 Å². The number of aryl methyl sites for hydroxylation is 2. The lowest BCUT2D eigenvalue weighted by Crippen LogP contribution is -2.08. The highest BCUT2D eigenvalue weighted by Gasteiger charge is 2.05. The van der Waals surface area contributed by atoms with Gasteiger partial charge >= 0.3 is 0 Å². The highest BCUT2D eigenvalue weighted by Crippen LogP contribution is 2.22. The number of nitrogens with one attached hydrogen (secondary N) is 1. The third-order valence-electron chi connectivity index (χ3n) is 2.79. The first-order valence-corrected chi connectivity index (χ1v) is 6.83. The van der Waals surface area contributed by atoms with Gasteiger partial charge in [-0.2, -0.15) is 0 Å². The van der Waals surface area contributed by atoms with Crippen LogP contribution in [-0.2, 0) is 6.54 Å². The average Bonchev–Trinajstić information content (AvgIpc) is 2.85. The zero-order valence-electron chi connectivity index (χ0n) is 10.7. The second-order valence-corrected chi connectivity index (χ2v) is 5.60. The predicted octanol–water partition coefficient (Wildman–Crippen LogP) is 3.43. The summed E-state index contributed by atoms with van der Waals surface area (Å²) in [6.45, 7) is 8.38. The summed E-state index contributed by atoms with van der Waals surface area (Å²) in [4.78, 5) is 7.13. The highest BCUT2D eigenvalue weighted by atomic mass is 32.1. The molecule has 2 aromatic heterocycles. The molecule has 0 radical (unpaired) electrons. The number of imidazole rings is 1. The van der Waals surface area contributed by atoms with Crippen LogP contribution in [-0.4, -0.2) is 16.1 Å². The minimum atomic E-state index is 0.908. The first kappa shape index (κ1) is 12.2. The van der Waals surface area contributed by atoms with Crippen LogP contribution in [0.25, 0.3) is 0 Å². The molecular formula is C13H19N3S. The molecule has 2 aromatic rings. The molecule has 0 spiro atoms. The van der Waals surface area contributed by atoms with Crippen molar-refractivity contribution in [1.82, 2.24) is 9.55 Å². The number of hydrogen-bond acceptors (Lipinski definition) is 3. The van der Waals surface area contributed by atoms with Gasteiger partial charge in [0.25, 0.3) is 0 Å². The van der Waals surface area contributed by atoms with Crippen LogP contribution >= 0.6 is 11.3 Å². The fraction of sp³-hybridized carbons (Fsp3) is 0.462. The monoisotopic (exact) mass is 249 g/mol. The molecule has 0 unspecified atom stereocenters. The van der Waals surface area contributed by atoms with Gasteiger partial charge in [-0.05, 0) is 31.9 Å². The van der Waals surface area contributed by atoms with Gasteiger partial charge in [0.2, 0.25) is 5.95 Å². The molecule has 0 amide bonds. The molecule has 2 rings (SSSR count). The van der Waals surface area contributed by atoms with Gasteiger partial charge in [-0.1, -0.05) is 6.92 Å². The number of rotatable bonds is 5. The number of nitrogens with zero attached hydrogens (tertiary/aromatic N) is 2. The van der Waals surface area contributed by atoms with Crippen LogP contribution in [0.3, 0.4) is 0 Å². The molecule has 0 aliphatic carbocycles. The number of thiophene rings is 1. The molecule has 0 saturated heterocycles. The molecule has 0 saturated carbocycles. The molecule has 0 aliphatic heterocycles. The predicted molar refractivity (Wildman–Crippen MR) is 73.9 cm³/mol. The van der Waals surface area contributed by atoms with Crippen molar-refractivity contribution in [2.45, 2.75) is 33.7 Å². The van der Waals surface area contributed by atoms with Gasteiger partial charge in [-0.3, -0.25) is 0 Å². The fourth-order valence-corrected chi connectivity index (χ4v) is 2.79. The average molecular weight is 249 g/mol. The molecule has 0 aliphatic rings. The summed E-state index contributed by atoms with van der Waals surface area (Å²) in [5.41, 5.74) is 1.38. The van der Waals surface area contributed by atoms with Crippen LogP contribution < -0.4 is 5.32 Å². The Labute approximate surface area is 107 Å². The first-order valence-electron chi connectivity index (χ1n) is 6.01. The maximum absolute atomic E-state index is 4.34. The minimum absolute atomic E-state index is 0.908. The topological polar surface area (TPSA) is 29.9 Å². The van der Waals surface area contributed by atoms with Crippen LogP contribution in [0.5, 0.6) is 0 Å². The Morgan fingerprint density at radius 3 is 2.88 bits per heavy atom. The van der Waals surface area contributed by atoms with Crippen molar-refractivity contribution in [1.29, 1.82) is 0 Å². The second kappa shape index (κ2) is 5.36. The first-order chi connectivity index (χ1) is 8.20. The number of hydrogen-bond donors (Lipinski definition) is 1. The molecule has 3 nitrogen and oxygen atoms in total. The molecule has 4 heteroatoms. The Kier molecular flexibility index (Phi) is 3.84. The number of anilines is 1. The smallest absolute Gasteiger partial charge is 0.203 e. The van der Waals surface area contributed by atoms with Crippen molar-refractivity contribution >= 4 is 17.3 Å². The van der Waals surface area contributed by atoms with Crippen LogP contribution in [0.2, 0.25) is 0 Å². The van der Waals surface area contributed by atoms with Crippen molar-refractivity contribution in [3.8, 4) is 0 Å². The quantitative estimate of drug-likeness (QED) is 0.879. The third-order valence-corrected chi connectivity index (χ3v) is 3.93. The molecule has 0 aromatic carbocycles. The normalized spacial score (nSPS) is 10.8.